The predicted octanol–water partition coefficient (Wildman–Crippen LogP) is 4.22. The van der Waals surface area contributed by atoms with Crippen LogP contribution in [-0.2, 0) is 0 Å². The summed E-state index contributed by atoms with van der Waals surface area (Å²) < 4.78 is 2.08. The Hall–Kier alpha value is -1.23. The number of imidazole rings is 1. The first-order valence-electron chi connectivity index (χ1n) is 8.00. The molecule has 5 heteroatoms. The summed E-state index contributed by atoms with van der Waals surface area (Å²) in [7, 11) is 0. The van der Waals surface area contributed by atoms with E-state index in [-0.39, 0.29) is 0 Å². The van der Waals surface area contributed by atoms with E-state index in [0.29, 0.717) is 5.25 Å². The number of nitrogens with one attached hydrogen (secondary N) is 1. The minimum absolute atomic E-state index is 0.683. The molecule has 0 aromatic carbocycles. The Morgan fingerprint density at radius 2 is 2.33 bits per heavy atom. The molecule has 4 nitrogen and oxygen atoms in total. The van der Waals surface area contributed by atoms with Crippen LogP contribution in [0.1, 0.15) is 46.0 Å². The molecule has 2 atom stereocenters. The van der Waals surface area contributed by atoms with Crippen LogP contribution in [0.4, 0.5) is 5.82 Å². The molecule has 1 aliphatic carbocycles. The molecule has 0 spiro atoms. The van der Waals surface area contributed by atoms with Gasteiger partial charge in [0.05, 0.1) is 6.20 Å². The van der Waals surface area contributed by atoms with E-state index in [9.17, 15) is 0 Å². The van der Waals surface area contributed by atoms with Gasteiger partial charge in [-0.25, -0.2) is 9.97 Å². The molecule has 114 valence electrons. The number of aromatic nitrogens is 3. The second-order valence-electron chi connectivity index (χ2n) is 6.03. The van der Waals surface area contributed by atoms with Gasteiger partial charge in [0, 0.05) is 24.2 Å². The fraction of sp³-hybridized carbons (Fsp3) is 0.625. The summed E-state index contributed by atoms with van der Waals surface area (Å²) >= 11 is 1.92. The third kappa shape index (κ3) is 3.51. The van der Waals surface area contributed by atoms with Crippen molar-refractivity contribution in [3.8, 4) is 0 Å². The third-order valence-corrected chi connectivity index (χ3v) is 5.32. The van der Waals surface area contributed by atoms with Gasteiger partial charge in [-0.3, -0.25) is 0 Å². The van der Waals surface area contributed by atoms with Crippen LogP contribution in [0.5, 0.6) is 0 Å². The lowest BCUT2D eigenvalue weighted by molar-refractivity contribution is 0.394. The molecule has 1 fully saturated rings. The van der Waals surface area contributed by atoms with Gasteiger partial charge in [-0.05, 0) is 25.2 Å². The summed E-state index contributed by atoms with van der Waals surface area (Å²) in [6.07, 6.45) is 12.3. The molecule has 0 aliphatic heterocycles. The van der Waals surface area contributed by atoms with Crippen molar-refractivity contribution in [2.75, 3.05) is 11.9 Å². The molecule has 1 N–H and O–H groups in total. The third-order valence-electron chi connectivity index (χ3n) is 4.07. The summed E-state index contributed by atoms with van der Waals surface area (Å²) in [6, 6.07) is 0. The van der Waals surface area contributed by atoms with Crippen LogP contribution >= 0.6 is 11.8 Å². The van der Waals surface area contributed by atoms with Gasteiger partial charge < -0.3 is 9.72 Å². The Balaban J connectivity index is 1.83. The Bertz CT molecular complexity index is 595. The van der Waals surface area contributed by atoms with Crippen LogP contribution in [0, 0.1) is 5.92 Å². The van der Waals surface area contributed by atoms with Gasteiger partial charge >= 0.3 is 0 Å². The van der Waals surface area contributed by atoms with Crippen molar-refractivity contribution >= 4 is 23.2 Å². The predicted molar refractivity (Wildman–Crippen MR) is 89.0 cm³/mol. The molecule has 1 aliphatic rings. The van der Waals surface area contributed by atoms with E-state index in [4.69, 9.17) is 4.98 Å². The lowest BCUT2D eigenvalue weighted by Crippen LogP contribution is -2.15. The average Bonchev–Trinajstić information content (AvgIpc) is 2.94. The Morgan fingerprint density at radius 1 is 1.43 bits per heavy atom. The molecule has 0 saturated heterocycles. The smallest absolute Gasteiger partial charge is 0.169 e. The molecular weight excluding hydrogens is 280 g/mol. The topological polar surface area (TPSA) is 42.2 Å². The number of fused-ring (bicyclic) bond motifs is 1. The van der Waals surface area contributed by atoms with Gasteiger partial charge in [0.25, 0.3) is 0 Å². The molecule has 2 aromatic heterocycles. The monoisotopic (exact) mass is 304 g/mol. The van der Waals surface area contributed by atoms with E-state index in [2.05, 4.69) is 28.5 Å². The molecule has 2 unspecified atom stereocenters. The molecule has 2 heterocycles. The van der Waals surface area contributed by atoms with Crippen LogP contribution in [0.25, 0.3) is 5.65 Å². The largest absolute Gasteiger partial charge is 0.369 e. The number of thioether (sulfide) groups is 1. The van der Waals surface area contributed by atoms with E-state index in [1.54, 1.807) is 0 Å². The normalized spacial score (nSPS) is 22.6. The van der Waals surface area contributed by atoms with Gasteiger partial charge in [0.1, 0.15) is 10.8 Å². The van der Waals surface area contributed by atoms with Gasteiger partial charge in [0.2, 0.25) is 0 Å². The highest BCUT2D eigenvalue weighted by Crippen LogP contribution is 2.36. The van der Waals surface area contributed by atoms with Crippen LogP contribution in [-0.4, -0.2) is 26.2 Å². The van der Waals surface area contributed by atoms with E-state index in [0.717, 1.165) is 35.4 Å². The van der Waals surface area contributed by atoms with E-state index >= 15 is 0 Å². The minimum atomic E-state index is 0.683. The molecule has 21 heavy (non-hydrogen) atoms. The second-order valence-corrected chi connectivity index (χ2v) is 7.32. The van der Waals surface area contributed by atoms with Crippen LogP contribution in [0.15, 0.2) is 23.6 Å². The molecule has 2 aromatic rings. The summed E-state index contributed by atoms with van der Waals surface area (Å²) in [6.45, 7) is 5.49. The van der Waals surface area contributed by atoms with Crippen molar-refractivity contribution in [2.45, 2.75) is 56.2 Å². The highest BCUT2D eigenvalue weighted by atomic mass is 32.2. The van der Waals surface area contributed by atoms with Crippen LogP contribution < -0.4 is 5.32 Å². The molecule has 0 radical (unpaired) electrons. The summed E-state index contributed by atoms with van der Waals surface area (Å²) in [5, 5.41) is 5.14. The van der Waals surface area contributed by atoms with E-state index < -0.39 is 0 Å². The lowest BCUT2D eigenvalue weighted by atomic mass is 9.91. The molecule has 0 bridgehead atoms. The fourth-order valence-corrected chi connectivity index (χ4v) is 4.40. The first-order chi connectivity index (χ1) is 10.3. The Morgan fingerprint density at radius 3 is 3.14 bits per heavy atom. The fourth-order valence-electron chi connectivity index (χ4n) is 2.96. The second kappa shape index (κ2) is 6.69. The lowest BCUT2D eigenvalue weighted by Gasteiger charge is -2.26. The Kier molecular flexibility index (Phi) is 4.68. The zero-order valence-electron chi connectivity index (χ0n) is 12.9. The average molecular weight is 304 g/mol. The quantitative estimate of drug-likeness (QED) is 0.898. The molecular formula is C16H24N4S. The van der Waals surface area contributed by atoms with Crippen molar-refractivity contribution in [3.63, 3.8) is 0 Å². The van der Waals surface area contributed by atoms with Crippen molar-refractivity contribution < 1.29 is 0 Å². The van der Waals surface area contributed by atoms with Gasteiger partial charge in [0.15, 0.2) is 5.65 Å². The zero-order chi connectivity index (χ0) is 14.7. The highest BCUT2D eigenvalue weighted by molar-refractivity contribution is 8.00. The van der Waals surface area contributed by atoms with E-state index in [1.165, 1.54) is 25.7 Å². The summed E-state index contributed by atoms with van der Waals surface area (Å²) in [5.74, 6) is 1.79. The first-order valence-corrected chi connectivity index (χ1v) is 8.88. The van der Waals surface area contributed by atoms with Crippen molar-refractivity contribution in [1.29, 1.82) is 0 Å². The number of hydrogen-bond acceptors (Lipinski definition) is 4. The van der Waals surface area contributed by atoms with Crippen LogP contribution in [0.3, 0.4) is 0 Å². The maximum absolute atomic E-state index is 4.80. The highest BCUT2D eigenvalue weighted by Gasteiger charge is 2.22. The van der Waals surface area contributed by atoms with Crippen molar-refractivity contribution in [2.24, 2.45) is 5.92 Å². The molecule has 1 saturated carbocycles. The van der Waals surface area contributed by atoms with Gasteiger partial charge in [-0.2, -0.15) is 0 Å². The standard InChI is InChI=1S/C16H24N4S/c1-3-7-17-14-11-20-9-8-18-15(20)16(19-14)21-13-6-4-5-12(2)10-13/h8-9,11-13,17H,3-7,10H2,1-2H3. The first kappa shape index (κ1) is 14.7. The maximum atomic E-state index is 4.80. The van der Waals surface area contributed by atoms with Gasteiger partial charge in [-0.1, -0.05) is 38.5 Å². The van der Waals surface area contributed by atoms with Crippen molar-refractivity contribution in [3.05, 3.63) is 18.6 Å². The summed E-state index contributed by atoms with van der Waals surface area (Å²) in [4.78, 5) is 9.27. The number of nitrogens with zero attached hydrogens (tertiary/aromatic N) is 3. The molecule has 3 rings (SSSR count). The zero-order valence-corrected chi connectivity index (χ0v) is 13.7. The SMILES string of the molecule is CCCNc1cn2ccnc2c(SC2CCCC(C)C2)n1. The number of hydrogen-bond donors (Lipinski definition) is 1. The van der Waals surface area contributed by atoms with E-state index in [1.807, 2.05) is 30.4 Å². The molecule has 0 amide bonds. The van der Waals surface area contributed by atoms with Crippen molar-refractivity contribution in [1.82, 2.24) is 14.4 Å². The number of rotatable bonds is 5. The van der Waals surface area contributed by atoms with Crippen LogP contribution in [0.2, 0.25) is 0 Å². The maximum Gasteiger partial charge on any atom is 0.169 e. The Labute approximate surface area is 130 Å². The number of anilines is 1. The van der Waals surface area contributed by atoms with Gasteiger partial charge in [-0.15, -0.1) is 0 Å². The summed E-state index contributed by atoms with van der Waals surface area (Å²) in [5.41, 5.74) is 0.986. The minimum Gasteiger partial charge on any atom is -0.369 e.